The van der Waals surface area contributed by atoms with Crippen molar-refractivity contribution in [3.8, 4) is 0 Å². The van der Waals surface area contributed by atoms with E-state index in [-0.39, 0.29) is 11.6 Å². The highest BCUT2D eigenvalue weighted by Crippen LogP contribution is 2.03. The quantitative estimate of drug-likeness (QED) is 0.820. The van der Waals surface area contributed by atoms with E-state index in [1.807, 2.05) is 6.92 Å². The van der Waals surface area contributed by atoms with Crippen LogP contribution in [-0.4, -0.2) is 16.5 Å². The van der Waals surface area contributed by atoms with Crippen molar-refractivity contribution < 1.29 is 8.78 Å². The average molecular weight is 360 g/mol. The minimum Gasteiger partial charge on any atom is -0.331 e. The first-order valence-electron chi connectivity index (χ1n) is 6.61. The molecule has 2 aromatic heterocycles. The Kier molecular flexibility index (Phi) is 11.5. The summed E-state index contributed by atoms with van der Waals surface area (Å²) in [7, 11) is 0. The fraction of sp³-hybridized carbons (Fsp3) is 0.333. The van der Waals surface area contributed by atoms with Gasteiger partial charge in [0.05, 0.1) is 12.4 Å². The molecule has 0 aliphatic heterocycles. The standard InChI is InChI=1S/C8H10FN.C5H3BrFN.C2H7N/c1-2-3-8-5-4-7(9)6-10-8;6-5-2-1-4(7)3-8-5;1-2-3/h4-6H,2-3H2,1H3;1-3H;2-3H2,1H3. The van der Waals surface area contributed by atoms with Crippen LogP contribution in [0.5, 0.6) is 0 Å². The van der Waals surface area contributed by atoms with Gasteiger partial charge >= 0.3 is 0 Å². The fourth-order valence-electron chi connectivity index (χ4n) is 1.17. The van der Waals surface area contributed by atoms with Gasteiger partial charge in [0.15, 0.2) is 0 Å². The second-order valence-corrected chi connectivity index (χ2v) is 4.74. The van der Waals surface area contributed by atoms with Crippen LogP contribution in [-0.2, 0) is 6.42 Å². The van der Waals surface area contributed by atoms with E-state index in [4.69, 9.17) is 5.73 Å². The summed E-state index contributed by atoms with van der Waals surface area (Å²) in [6.45, 7) is 4.73. The molecule has 21 heavy (non-hydrogen) atoms. The summed E-state index contributed by atoms with van der Waals surface area (Å²) in [4.78, 5) is 7.51. The monoisotopic (exact) mass is 359 g/mol. The fourth-order valence-corrected chi connectivity index (χ4v) is 1.40. The first-order chi connectivity index (χ1) is 10.0. The lowest BCUT2D eigenvalue weighted by molar-refractivity contribution is 0.618. The van der Waals surface area contributed by atoms with E-state index < -0.39 is 0 Å². The van der Waals surface area contributed by atoms with Gasteiger partial charge in [0, 0.05) is 5.69 Å². The van der Waals surface area contributed by atoms with Crippen LogP contribution >= 0.6 is 15.9 Å². The van der Waals surface area contributed by atoms with Gasteiger partial charge in [0.1, 0.15) is 16.2 Å². The lowest BCUT2D eigenvalue weighted by Gasteiger charge is -1.94. The number of pyridine rings is 2. The number of aromatic nitrogens is 2. The van der Waals surface area contributed by atoms with E-state index in [0.717, 1.165) is 31.3 Å². The van der Waals surface area contributed by atoms with E-state index in [1.165, 1.54) is 18.3 Å². The Morgan fingerprint density at radius 2 is 1.52 bits per heavy atom. The van der Waals surface area contributed by atoms with Crippen molar-refractivity contribution in [2.75, 3.05) is 6.54 Å². The molecule has 0 radical (unpaired) electrons. The molecule has 0 fully saturated rings. The Bertz CT molecular complexity index is 454. The van der Waals surface area contributed by atoms with E-state index >= 15 is 0 Å². The zero-order chi connectivity index (χ0) is 16.1. The van der Waals surface area contributed by atoms with Gasteiger partial charge < -0.3 is 5.73 Å². The summed E-state index contributed by atoms with van der Waals surface area (Å²) in [6.07, 6.45) is 4.40. The number of hydrogen-bond acceptors (Lipinski definition) is 3. The molecule has 0 aliphatic carbocycles. The summed E-state index contributed by atoms with van der Waals surface area (Å²) in [5, 5.41) is 0. The zero-order valence-electron chi connectivity index (χ0n) is 12.2. The predicted octanol–water partition coefficient (Wildman–Crippen LogP) is 4.12. The van der Waals surface area contributed by atoms with Gasteiger partial charge in [-0.3, -0.25) is 4.98 Å². The third-order valence-corrected chi connectivity index (χ3v) is 2.46. The molecule has 0 unspecified atom stereocenters. The minimum absolute atomic E-state index is 0.264. The molecule has 0 aromatic carbocycles. The van der Waals surface area contributed by atoms with Gasteiger partial charge in [-0.2, -0.15) is 0 Å². The Labute approximate surface area is 132 Å². The molecule has 0 atom stereocenters. The second-order valence-electron chi connectivity index (χ2n) is 3.93. The first-order valence-corrected chi connectivity index (χ1v) is 7.40. The Morgan fingerprint density at radius 1 is 1.00 bits per heavy atom. The molecule has 0 spiro atoms. The van der Waals surface area contributed by atoms with E-state index in [9.17, 15) is 8.78 Å². The van der Waals surface area contributed by atoms with Gasteiger partial charge in [-0.25, -0.2) is 13.8 Å². The highest BCUT2D eigenvalue weighted by Gasteiger charge is 1.91. The van der Waals surface area contributed by atoms with E-state index in [2.05, 4.69) is 32.8 Å². The maximum absolute atomic E-state index is 12.3. The van der Waals surface area contributed by atoms with Crippen LogP contribution in [0.25, 0.3) is 0 Å². The third kappa shape index (κ3) is 11.0. The summed E-state index contributed by atoms with van der Waals surface area (Å²) < 4.78 is 24.9. The van der Waals surface area contributed by atoms with Crippen molar-refractivity contribution in [2.45, 2.75) is 26.7 Å². The molecule has 116 valence electrons. The van der Waals surface area contributed by atoms with Gasteiger partial charge in [0.25, 0.3) is 0 Å². The summed E-state index contributed by atoms with van der Waals surface area (Å²) in [5.41, 5.74) is 5.81. The molecule has 2 heterocycles. The normalized spacial score (nSPS) is 9.05. The summed E-state index contributed by atoms with van der Waals surface area (Å²) >= 11 is 3.07. The molecular formula is C15H20BrF2N3. The molecular weight excluding hydrogens is 340 g/mol. The predicted molar refractivity (Wildman–Crippen MR) is 84.8 cm³/mol. The topological polar surface area (TPSA) is 51.8 Å². The highest BCUT2D eigenvalue weighted by molar-refractivity contribution is 9.10. The van der Waals surface area contributed by atoms with Crippen LogP contribution in [0.15, 0.2) is 41.3 Å². The number of rotatable bonds is 2. The van der Waals surface area contributed by atoms with Gasteiger partial charge in [-0.1, -0.05) is 20.3 Å². The van der Waals surface area contributed by atoms with Crippen LogP contribution in [0.4, 0.5) is 8.78 Å². The third-order valence-electron chi connectivity index (χ3n) is 1.99. The largest absolute Gasteiger partial charge is 0.331 e. The molecule has 2 aromatic rings. The zero-order valence-corrected chi connectivity index (χ0v) is 13.8. The SMILES string of the molecule is CCCc1ccc(F)cn1.CCN.Fc1ccc(Br)nc1. The van der Waals surface area contributed by atoms with Crippen LogP contribution in [0.2, 0.25) is 0 Å². The van der Waals surface area contributed by atoms with E-state index in [1.54, 1.807) is 12.1 Å². The number of nitrogens with two attached hydrogens (primary N) is 1. The second kappa shape index (κ2) is 12.3. The van der Waals surface area contributed by atoms with Crippen molar-refractivity contribution in [1.82, 2.24) is 9.97 Å². The lowest BCUT2D eigenvalue weighted by atomic mass is 10.2. The number of hydrogen-bond donors (Lipinski definition) is 1. The molecule has 2 N–H and O–H groups in total. The van der Waals surface area contributed by atoms with Gasteiger partial charge in [-0.15, -0.1) is 0 Å². The lowest BCUT2D eigenvalue weighted by Crippen LogP contribution is -1.88. The molecule has 0 aliphatic rings. The van der Waals surface area contributed by atoms with Crippen molar-refractivity contribution in [3.05, 3.63) is 58.6 Å². The average Bonchev–Trinajstić information content (AvgIpc) is 2.47. The van der Waals surface area contributed by atoms with Gasteiger partial charge in [0.2, 0.25) is 0 Å². The van der Waals surface area contributed by atoms with Crippen LogP contribution < -0.4 is 5.73 Å². The molecule has 6 heteroatoms. The number of aryl methyl sites for hydroxylation is 1. The molecule has 0 amide bonds. The maximum Gasteiger partial charge on any atom is 0.141 e. The maximum atomic E-state index is 12.3. The van der Waals surface area contributed by atoms with E-state index in [0.29, 0.717) is 4.60 Å². The molecule has 0 saturated heterocycles. The molecule has 0 bridgehead atoms. The van der Waals surface area contributed by atoms with Crippen LogP contribution in [0.3, 0.4) is 0 Å². The summed E-state index contributed by atoms with van der Waals surface area (Å²) in [6, 6.07) is 6.06. The molecule has 0 saturated carbocycles. The smallest absolute Gasteiger partial charge is 0.141 e. The molecule has 3 nitrogen and oxygen atoms in total. The summed E-state index contributed by atoms with van der Waals surface area (Å²) in [5.74, 6) is -0.576. The van der Waals surface area contributed by atoms with Crippen LogP contribution in [0, 0.1) is 11.6 Å². The molecule has 2 rings (SSSR count). The first kappa shape index (κ1) is 19.6. The number of halogens is 3. The van der Waals surface area contributed by atoms with Crippen molar-refractivity contribution in [3.63, 3.8) is 0 Å². The van der Waals surface area contributed by atoms with Crippen molar-refractivity contribution in [2.24, 2.45) is 5.73 Å². The Balaban J connectivity index is 0.000000327. The highest BCUT2D eigenvalue weighted by atomic mass is 79.9. The van der Waals surface area contributed by atoms with Gasteiger partial charge in [-0.05, 0) is 53.2 Å². The number of nitrogens with zero attached hydrogens (tertiary/aromatic N) is 2. The Hall–Kier alpha value is -1.40. The Morgan fingerprint density at radius 3 is 1.86 bits per heavy atom. The van der Waals surface area contributed by atoms with Crippen LogP contribution in [0.1, 0.15) is 26.0 Å². The van der Waals surface area contributed by atoms with Crippen molar-refractivity contribution >= 4 is 15.9 Å². The minimum atomic E-state index is -0.312. The van der Waals surface area contributed by atoms with Crippen molar-refractivity contribution in [1.29, 1.82) is 0 Å².